The van der Waals surface area contributed by atoms with E-state index in [9.17, 15) is 13.6 Å². The number of hydrogen-bond donors (Lipinski definition) is 1. The van der Waals surface area contributed by atoms with E-state index in [1.807, 2.05) is 0 Å². The minimum absolute atomic E-state index is 1.18. The van der Waals surface area contributed by atoms with Crippen LogP contribution < -0.4 is 5.32 Å². The lowest BCUT2D eigenvalue weighted by molar-refractivity contribution is -0.132. The molecular weight excluding hydrogens is 187 g/mol. The second kappa shape index (κ2) is 3.34. The molecule has 0 aliphatic heterocycles. The smallest absolute Gasteiger partial charge is 0.315 e. The molecule has 0 aliphatic rings. The van der Waals surface area contributed by atoms with Gasteiger partial charge >= 0.3 is 6.43 Å². The summed E-state index contributed by atoms with van der Waals surface area (Å²) in [4.78, 5) is 10.1. The van der Waals surface area contributed by atoms with Crippen LogP contribution >= 0.6 is 23.2 Å². The van der Waals surface area contributed by atoms with Crippen molar-refractivity contribution in [1.29, 1.82) is 0 Å². The first-order chi connectivity index (χ1) is 4.33. The van der Waals surface area contributed by atoms with Gasteiger partial charge in [0.05, 0.1) is 0 Å². The van der Waals surface area contributed by atoms with Crippen LogP contribution in [-0.4, -0.2) is 16.8 Å². The van der Waals surface area contributed by atoms with Crippen molar-refractivity contribution in [3.05, 3.63) is 0 Å². The Bertz CT molecular complexity index is 134. The highest BCUT2D eigenvalue weighted by Gasteiger charge is 2.24. The van der Waals surface area contributed by atoms with Crippen LogP contribution in [0.4, 0.5) is 8.78 Å². The highest BCUT2D eigenvalue weighted by Crippen LogP contribution is 2.15. The molecule has 0 rings (SSSR count). The van der Waals surface area contributed by atoms with Gasteiger partial charge in [-0.15, -0.1) is 0 Å². The van der Waals surface area contributed by atoms with Crippen molar-refractivity contribution in [3.8, 4) is 0 Å². The number of alkyl halides is 4. The van der Waals surface area contributed by atoms with Crippen molar-refractivity contribution in [2.75, 3.05) is 0 Å². The maximum absolute atomic E-state index is 11.4. The molecule has 0 atom stereocenters. The molecule has 0 radical (unpaired) electrons. The van der Waals surface area contributed by atoms with Gasteiger partial charge in [0.1, 0.15) is 0 Å². The number of hydrogen-bond acceptors (Lipinski definition) is 1. The van der Waals surface area contributed by atoms with Crippen molar-refractivity contribution in [2.24, 2.45) is 0 Å². The molecule has 2 nitrogen and oxygen atoms in total. The van der Waals surface area contributed by atoms with Gasteiger partial charge in [-0.1, -0.05) is 23.2 Å². The first-order valence-electron chi connectivity index (χ1n) is 2.31. The third-order valence-corrected chi connectivity index (χ3v) is 0.730. The second-order valence-corrected chi connectivity index (χ2v) is 3.38. The fourth-order valence-electron chi connectivity index (χ4n) is 0.271. The number of carbonyl (C=O) groups is 1. The van der Waals surface area contributed by atoms with Crippen molar-refractivity contribution < 1.29 is 13.6 Å². The number of amides is 1. The molecule has 0 aliphatic carbocycles. The number of carbonyl (C=O) groups excluding carboxylic acids is 1. The van der Waals surface area contributed by atoms with Crippen molar-refractivity contribution in [1.82, 2.24) is 5.32 Å². The Morgan fingerprint density at radius 1 is 1.60 bits per heavy atom. The fourth-order valence-corrected chi connectivity index (χ4v) is 0.457. The first kappa shape index (κ1) is 9.91. The van der Waals surface area contributed by atoms with Gasteiger partial charge in [-0.2, -0.15) is 8.78 Å². The predicted molar refractivity (Wildman–Crippen MR) is 34.3 cm³/mol. The molecule has 0 heterocycles. The summed E-state index contributed by atoms with van der Waals surface area (Å²) >= 11 is 10.3. The second-order valence-electron chi connectivity index (χ2n) is 1.68. The molecule has 0 aromatic rings. The van der Waals surface area contributed by atoms with E-state index < -0.39 is 16.8 Å². The third kappa shape index (κ3) is 4.76. The highest BCUT2D eigenvalue weighted by molar-refractivity contribution is 6.48. The van der Waals surface area contributed by atoms with E-state index in [0.29, 0.717) is 0 Å². The molecule has 0 fully saturated rings. The first-order valence-corrected chi connectivity index (χ1v) is 3.06. The zero-order valence-electron chi connectivity index (χ0n) is 5.00. The zero-order valence-corrected chi connectivity index (χ0v) is 6.51. The minimum Gasteiger partial charge on any atom is -0.320 e. The summed E-state index contributed by atoms with van der Waals surface area (Å²) in [5.41, 5.74) is 0. The molecule has 60 valence electrons. The molecule has 0 aromatic heterocycles. The van der Waals surface area contributed by atoms with Gasteiger partial charge in [-0.25, -0.2) is 0 Å². The molecule has 1 amide bonds. The summed E-state index contributed by atoms with van der Waals surface area (Å²) in [5.74, 6) is -1.48. The van der Waals surface area contributed by atoms with Gasteiger partial charge in [0.25, 0.3) is 5.91 Å². The molecule has 0 aromatic carbocycles. The van der Waals surface area contributed by atoms with E-state index in [0.717, 1.165) is 0 Å². The lowest BCUT2D eigenvalue weighted by Crippen LogP contribution is -2.40. The van der Waals surface area contributed by atoms with Gasteiger partial charge in [0.15, 0.2) is 4.46 Å². The maximum Gasteiger partial charge on any atom is 0.315 e. The summed E-state index contributed by atoms with van der Waals surface area (Å²) in [6.45, 7) is 1.18. The van der Waals surface area contributed by atoms with E-state index in [1.54, 1.807) is 5.32 Å². The van der Waals surface area contributed by atoms with E-state index in [1.165, 1.54) is 6.92 Å². The van der Waals surface area contributed by atoms with Gasteiger partial charge in [0.2, 0.25) is 0 Å². The Labute approximate surface area is 66.5 Å². The van der Waals surface area contributed by atoms with Crippen LogP contribution in [0.25, 0.3) is 0 Å². The standard InChI is InChI=1S/C4H5Cl2F2NO/c1-4(5,6)9-3(10)2(7)8/h2H,1H3,(H,9,10). The van der Waals surface area contributed by atoms with Crippen LogP contribution in [-0.2, 0) is 4.79 Å². The molecule has 1 N–H and O–H groups in total. The number of halogens is 4. The normalized spacial score (nSPS) is 11.8. The van der Waals surface area contributed by atoms with Gasteiger partial charge in [0, 0.05) is 0 Å². The lowest BCUT2D eigenvalue weighted by Gasteiger charge is -2.14. The predicted octanol–water partition coefficient (Wildman–Crippen LogP) is 1.52. The third-order valence-electron chi connectivity index (χ3n) is 0.541. The molecule has 0 saturated heterocycles. The SMILES string of the molecule is CC(Cl)(Cl)NC(=O)C(F)F. The van der Waals surface area contributed by atoms with Crippen molar-refractivity contribution in [3.63, 3.8) is 0 Å². The van der Waals surface area contributed by atoms with Gasteiger partial charge in [-0.05, 0) is 6.92 Å². The lowest BCUT2D eigenvalue weighted by atomic mass is 10.6. The van der Waals surface area contributed by atoms with Gasteiger partial charge < -0.3 is 5.32 Å². The molecule has 0 spiro atoms. The topological polar surface area (TPSA) is 29.1 Å². The Balaban J connectivity index is 3.81. The largest absolute Gasteiger partial charge is 0.320 e. The van der Waals surface area contributed by atoms with Crippen LogP contribution in [0.3, 0.4) is 0 Å². The molecule has 6 heteroatoms. The van der Waals surface area contributed by atoms with Gasteiger partial charge in [-0.3, -0.25) is 4.79 Å². The van der Waals surface area contributed by atoms with Crippen LogP contribution in [0.15, 0.2) is 0 Å². The van der Waals surface area contributed by atoms with Crippen molar-refractivity contribution in [2.45, 2.75) is 17.8 Å². The van der Waals surface area contributed by atoms with E-state index in [4.69, 9.17) is 23.2 Å². The Morgan fingerprint density at radius 2 is 2.00 bits per heavy atom. The maximum atomic E-state index is 11.4. The van der Waals surface area contributed by atoms with Crippen LogP contribution in [0, 0.1) is 0 Å². The van der Waals surface area contributed by atoms with Crippen LogP contribution in [0.5, 0.6) is 0 Å². The summed E-state index contributed by atoms with van der Waals surface area (Å²) < 4.78 is 21.2. The van der Waals surface area contributed by atoms with Crippen LogP contribution in [0.2, 0.25) is 0 Å². The summed E-state index contributed by atoms with van der Waals surface area (Å²) in [7, 11) is 0. The number of nitrogens with one attached hydrogen (secondary N) is 1. The van der Waals surface area contributed by atoms with E-state index in [-0.39, 0.29) is 0 Å². The Morgan fingerprint density at radius 3 is 2.10 bits per heavy atom. The Hall–Kier alpha value is -0.0900. The van der Waals surface area contributed by atoms with Crippen molar-refractivity contribution >= 4 is 29.1 Å². The monoisotopic (exact) mass is 191 g/mol. The summed E-state index contributed by atoms with van der Waals surface area (Å²) in [6.07, 6.45) is -3.09. The van der Waals surface area contributed by atoms with E-state index in [2.05, 4.69) is 0 Å². The molecule has 10 heavy (non-hydrogen) atoms. The fraction of sp³-hybridized carbons (Fsp3) is 0.750. The quantitative estimate of drug-likeness (QED) is 0.521. The van der Waals surface area contributed by atoms with E-state index >= 15 is 0 Å². The average Bonchev–Trinajstić information content (AvgIpc) is 1.60. The Kier molecular flexibility index (Phi) is 3.31. The zero-order chi connectivity index (χ0) is 8.36. The molecule has 0 bridgehead atoms. The number of rotatable bonds is 2. The average molecular weight is 192 g/mol. The molecular formula is C4H5Cl2F2NO. The summed E-state index contributed by atoms with van der Waals surface area (Å²) in [6, 6.07) is 0. The molecule has 0 saturated carbocycles. The summed E-state index contributed by atoms with van der Waals surface area (Å²) in [5, 5.41) is 1.66. The van der Waals surface area contributed by atoms with Crippen LogP contribution in [0.1, 0.15) is 6.92 Å². The molecule has 0 unspecified atom stereocenters. The minimum atomic E-state index is -3.09. The highest BCUT2D eigenvalue weighted by atomic mass is 35.5.